The number of aromatic nitrogens is 2. The van der Waals surface area contributed by atoms with Gasteiger partial charge in [-0.2, -0.15) is 0 Å². The van der Waals surface area contributed by atoms with E-state index < -0.39 is 0 Å². The van der Waals surface area contributed by atoms with Gasteiger partial charge in [0.25, 0.3) is 0 Å². The number of anilines is 2. The third-order valence-electron chi connectivity index (χ3n) is 3.35. The van der Waals surface area contributed by atoms with Gasteiger partial charge in [0.05, 0.1) is 19.9 Å². The second kappa shape index (κ2) is 8.42. The number of halogens is 1. The van der Waals surface area contributed by atoms with Crippen molar-refractivity contribution < 1.29 is 9.47 Å². The Morgan fingerprint density at radius 3 is 2.68 bits per heavy atom. The highest BCUT2D eigenvalue weighted by Crippen LogP contribution is 2.34. The molecule has 0 amide bonds. The van der Waals surface area contributed by atoms with Crippen LogP contribution < -0.4 is 14.8 Å². The lowest BCUT2D eigenvalue weighted by molar-refractivity contribution is 0.411. The summed E-state index contributed by atoms with van der Waals surface area (Å²) in [5, 5.41) is 13.0. The van der Waals surface area contributed by atoms with E-state index in [0.717, 1.165) is 27.1 Å². The molecule has 0 fully saturated rings. The van der Waals surface area contributed by atoms with E-state index >= 15 is 0 Å². The molecule has 0 bridgehead atoms. The Hall–Kier alpha value is -1.96. The SMILES string of the molecule is COc1ccc(Cl)cc1CSc1nnc(Nc2ccccc2OC)s1. The molecule has 3 rings (SSSR count). The summed E-state index contributed by atoms with van der Waals surface area (Å²) in [4.78, 5) is 0. The molecule has 130 valence electrons. The van der Waals surface area contributed by atoms with E-state index in [-0.39, 0.29) is 0 Å². The zero-order chi connectivity index (χ0) is 17.6. The van der Waals surface area contributed by atoms with Crippen LogP contribution in [0.4, 0.5) is 10.8 Å². The maximum atomic E-state index is 6.07. The van der Waals surface area contributed by atoms with Crippen LogP contribution in [0.25, 0.3) is 0 Å². The van der Waals surface area contributed by atoms with E-state index in [2.05, 4.69) is 15.5 Å². The van der Waals surface area contributed by atoms with Crippen LogP contribution in [0, 0.1) is 0 Å². The Morgan fingerprint density at radius 2 is 1.88 bits per heavy atom. The lowest BCUT2D eigenvalue weighted by Gasteiger charge is -2.08. The summed E-state index contributed by atoms with van der Waals surface area (Å²) in [7, 11) is 3.29. The molecule has 0 atom stereocenters. The number of nitrogens with one attached hydrogen (secondary N) is 1. The number of ether oxygens (including phenoxy) is 2. The average molecular weight is 394 g/mol. The summed E-state index contributed by atoms with van der Waals surface area (Å²) < 4.78 is 11.6. The first-order valence-corrected chi connectivity index (χ1v) is 9.56. The number of para-hydroxylation sites is 2. The van der Waals surface area contributed by atoms with E-state index in [0.29, 0.717) is 15.9 Å². The molecule has 0 unspecified atom stereocenters. The van der Waals surface area contributed by atoms with Crippen LogP contribution in [0.2, 0.25) is 5.02 Å². The maximum absolute atomic E-state index is 6.07. The smallest absolute Gasteiger partial charge is 0.210 e. The monoisotopic (exact) mass is 393 g/mol. The molecule has 5 nitrogen and oxygen atoms in total. The highest BCUT2D eigenvalue weighted by Gasteiger charge is 2.10. The Balaban J connectivity index is 1.67. The van der Waals surface area contributed by atoms with Crippen LogP contribution in [-0.2, 0) is 5.75 Å². The van der Waals surface area contributed by atoms with Crippen LogP contribution in [0.15, 0.2) is 46.8 Å². The molecule has 0 saturated carbocycles. The van der Waals surface area contributed by atoms with Gasteiger partial charge in [-0.25, -0.2) is 0 Å². The van der Waals surface area contributed by atoms with Crippen LogP contribution >= 0.6 is 34.7 Å². The molecular formula is C17H16ClN3O2S2. The summed E-state index contributed by atoms with van der Waals surface area (Å²) >= 11 is 9.14. The molecule has 0 spiro atoms. The zero-order valence-corrected chi connectivity index (χ0v) is 16.0. The van der Waals surface area contributed by atoms with Gasteiger partial charge in [-0.05, 0) is 30.3 Å². The van der Waals surface area contributed by atoms with Crippen LogP contribution in [0.3, 0.4) is 0 Å². The molecule has 2 aromatic carbocycles. The standard InChI is InChI=1S/C17H16ClN3O2S2/c1-22-14-8-7-12(18)9-11(14)10-24-17-21-20-16(25-17)19-13-5-3-4-6-15(13)23-2/h3-9H,10H2,1-2H3,(H,19,20). The topological polar surface area (TPSA) is 56.3 Å². The average Bonchev–Trinajstić information content (AvgIpc) is 3.08. The first kappa shape index (κ1) is 17.8. The van der Waals surface area contributed by atoms with Gasteiger partial charge in [-0.3, -0.25) is 0 Å². The first-order chi connectivity index (χ1) is 12.2. The van der Waals surface area contributed by atoms with Crippen LogP contribution in [0.5, 0.6) is 11.5 Å². The van der Waals surface area contributed by atoms with Crippen molar-refractivity contribution in [2.75, 3.05) is 19.5 Å². The second-order valence-electron chi connectivity index (χ2n) is 4.94. The molecule has 0 radical (unpaired) electrons. The van der Waals surface area contributed by atoms with Gasteiger partial charge in [0.2, 0.25) is 5.13 Å². The Kier molecular flexibility index (Phi) is 6.01. The van der Waals surface area contributed by atoms with Crippen molar-refractivity contribution in [1.82, 2.24) is 10.2 Å². The fraction of sp³-hybridized carbons (Fsp3) is 0.176. The lowest BCUT2D eigenvalue weighted by Crippen LogP contribution is -1.93. The molecular weight excluding hydrogens is 378 g/mol. The molecule has 0 aliphatic heterocycles. The van der Waals surface area contributed by atoms with Gasteiger partial charge in [0.1, 0.15) is 11.5 Å². The number of methoxy groups -OCH3 is 2. The summed E-state index contributed by atoms with van der Waals surface area (Å²) in [6.07, 6.45) is 0. The fourth-order valence-corrected chi connectivity index (χ4v) is 4.12. The number of benzene rings is 2. The number of thioether (sulfide) groups is 1. The van der Waals surface area contributed by atoms with Crippen molar-refractivity contribution >= 4 is 45.5 Å². The number of hydrogen-bond donors (Lipinski definition) is 1. The summed E-state index contributed by atoms with van der Waals surface area (Å²) in [5.74, 6) is 2.27. The minimum absolute atomic E-state index is 0.687. The molecule has 3 aromatic rings. The van der Waals surface area contributed by atoms with Gasteiger partial charge in [-0.1, -0.05) is 46.8 Å². The number of hydrogen-bond acceptors (Lipinski definition) is 7. The summed E-state index contributed by atoms with van der Waals surface area (Å²) in [5.41, 5.74) is 1.88. The number of nitrogens with zero attached hydrogens (tertiary/aromatic N) is 2. The van der Waals surface area contributed by atoms with E-state index in [1.54, 1.807) is 26.0 Å². The third-order valence-corrected chi connectivity index (χ3v) is 5.60. The molecule has 1 N–H and O–H groups in total. The fourth-order valence-electron chi connectivity index (χ4n) is 2.18. The maximum Gasteiger partial charge on any atom is 0.210 e. The normalized spacial score (nSPS) is 10.5. The molecule has 0 aliphatic carbocycles. The molecule has 0 aliphatic rings. The van der Waals surface area contributed by atoms with Crippen molar-refractivity contribution in [2.45, 2.75) is 10.1 Å². The van der Waals surface area contributed by atoms with Crippen molar-refractivity contribution in [3.63, 3.8) is 0 Å². The molecule has 1 aromatic heterocycles. The molecule has 0 saturated heterocycles. The van der Waals surface area contributed by atoms with Crippen molar-refractivity contribution in [3.05, 3.63) is 53.1 Å². The van der Waals surface area contributed by atoms with E-state index in [4.69, 9.17) is 21.1 Å². The van der Waals surface area contributed by atoms with E-state index in [1.807, 2.05) is 42.5 Å². The van der Waals surface area contributed by atoms with E-state index in [1.165, 1.54) is 11.3 Å². The van der Waals surface area contributed by atoms with Crippen molar-refractivity contribution in [3.8, 4) is 11.5 Å². The Morgan fingerprint density at radius 1 is 1.08 bits per heavy atom. The summed E-state index contributed by atoms with van der Waals surface area (Å²) in [6.45, 7) is 0. The molecule has 8 heteroatoms. The minimum Gasteiger partial charge on any atom is -0.496 e. The highest BCUT2D eigenvalue weighted by atomic mass is 35.5. The van der Waals surface area contributed by atoms with E-state index in [9.17, 15) is 0 Å². The molecule has 25 heavy (non-hydrogen) atoms. The van der Waals surface area contributed by atoms with Gasteiger partial charge >= 0.3 is 0 Å². The van der Waals surface area contributed by atoms with Crippen LogP contribution in [-0.4, -0.2) is 24.4 Å². The minimum atomic E-state index is 0.687. The highest BCUT2D eigenvalue weighted by molar-refractivity contribution is 8.00. The van der Waals surface area contributed by atoms with Crippen LogP contribution in [0.1, 0.15) is 5.56 Å². The Labute approximate surface area is 159 Å². The van der Waals surface area contributed by atoms with Gasteiger partial charge in [-0.15, -0.1) is 10.2 Å². The number of rotatable bonds is 7. The zero-order valence-electron chi connectivity index (χ0n) is 13.7. The van der Waals surface area contributed by atoms with Gasteiger partial charge in [0, 0.05) is 16.3 Å². The first-order valence-electron chi connectivity index (χ1n) is 7.38. The predicted molar refractivity (Wildman–Crippen MR) is 104 cm³/mol. The van der Waals surface area contributed by atoms with Gasteiger partial charge in [0.15, 0.2) is 4.34 Å². The van der Waals surface area contributed by atoms with Gasteiger partial charge < -0.3 is 14.8 Å². The molecule has 1 heterocycles. The largest absolute Gasteiger partial charge is 0.496 e. The second-order valence-corrected chi connectivity index (χ2v) is 7.58. The third kappa shape index (κ3) is 4.56. The quantitative estimate of drug-likeness (QED) is 0.553. The van der Waals surface area contributed by atoms with Crippen molar-refractivity contribution in [2.24, 2.45) is 0 Å². The van der Waals surface area contributed by atoms with Crippen molar-refractivity contribution in [1.29, 1.82) is 0 Å². The summed E-state index contributed by atoms with van der Waals surface area (Å²) in [6, 6.07) is 13.3. The predicted octanol–water partition coefficient (Wildman–Crippen LogP) is 5.24. The lowest BCUT2D eigenvalue weighted by atomic mass is 10.2. The Bertz CT molecular complexity index is 857.